The third-order valence-corrected chi connectivity index (χ3v) is 5.80. The molecule has 42 heavy (non-hydrogen) atoms. The molecule has 2 aromatic heterocycles. The van der Waals surface area contributed by atoms with Gasteiger partial charge < -0.3 is 35.6 Å². The minimum atomic E-state index is -1.50. The van der Waals surface area contributed by atoms with Crippen molar-refractivity contribution in [2.24, 2.45) is 5.92 Å². The number of aromatic nitrogens is 6. The molecule has 2 heterocycles. The van der Waals surface area contributed by atoms with Crippen LogP contribution < -0.4 is 20.8 Å². The van der Waals surface area contributed by atoms with Gasteiger partial charge in [0.25, 0.3) is 0 Å². The molecule has 0 radical (unpaired) electrons. The molecule has 0 saturated heterocycles. The van der Waals surface area contributed by atoms with Crippen LogP contribution >= 0.6 is 0 Å². The fourth-order valence-electron chi connectivity index (χ4n) is 3.65. The zero-order valence-electron chi connectivity index (χ0n) is 22.8. The number of hydrogen-bond acceptors (Lipinski definition) is 11. The molecular weight excluding hydrogens is 554 g/mol. The van der Waals surface area contributed by atoms with Crippen molar-refractivity contribution in [3.63, 3.8) is 0 Å². The number of Topliss-reactive ketones (excluding diaryl/α,β-unsaturated/α-hetero) is 1. The SMILES string of the molecule is CC(C)[C@H](NC(=O)OCc1ccccc1)C(=O)N[C@@H](Cc1cnc[nH]1)C(=O)N[C@@H](CC(=O)O)C(=O)COn1cnnn1. The maximum Gasteiger partial charge on any atom is 0.408 e. The minimum Gasteiger partial charge on any atom is -0.481 e. The molecule has 0 aliphatic carbocycles. The molecule has 17 heteroatoms. The first kappa shape index (κ1) is 31.2. The molecule has 5 N–H and O–H groups in total. The molecule has 3 atom stereocenters. The highest BCUT2D eigenvalue weighted by Crippen LogP contribution is 2.08. The average molecular weight is 586 g/mol. The van der Waals surface area contributed by atoms with Crippen molar-refractivity contribution < 1.29 is 38.7 Å². The lowest BCUT2D eigenvalue weighted by Crippen LogP contribution is -2.58. The molecule has 224 valence electrons. The Bertz CT molecular complexity index is 1320. The van der Waals surface area contributed by atoms with Crippen molar-refractivity contribution in [1.29, 1.82) is 0 Å². The number of carboxylic acids is 1. The second kappa shape index (κ2) is 15.4. The number of aliphatic carboxylic acids is 1. The first-order valence-electron chi connectivity index (χ1n) is 12.8. The zero-order valence-corrected chi connectivity index (χ0v) is 22.8. The molecular formula is C25H31N9O8. The van der Waals surface area contributed by atoms with Crippen LogP contribution in [0.25, 0.3) is 0 Å². The van der Waals surface area contributed by atoms with Gasteiger partial charge in [0.1, 0.15) is 24.7 Å². The minimum absolute atomic E-state index is 0.0138. The second-order valence-corrected chi connectivity index (χ2v) is 9.38. The fourth-order valence-corrected chi connectivity index (χ4v) is 3.65. The number of nitrogens with zero attached hydrogens (tertiary/aromatic N) is 5. The number of tetrazole rings is 1. The Kier molecular flexibility index (Phi) is 11.5. The van der Waals surface area contributed by atoms with Crippen LogP contribution in [0.3, 0.4) is 0 Å². The number of carbonyl (C=O) groups is 5. The van der Waals surface area contributed by atoms with Gasteiger partial charge >= 0.3 is 12.1 Å². The number of carbonyl (C=O) groups excluding carboxylic acids is 4. The first-order valence-corrected chi connectivity index (χ1v) is 12.8. The Labute approximate surface area is 239 Å². The van der Waals surface area contributed by atoms with E-state index >= 15 is 0 Å². The Morgan fingerprint density at radius 3 is 2.38 bits per heavy atom. The van der Waals surface area contributed by atoms with E-state index < -0.39 is 66.7 Å². The van der Waals surface area contributed by atoms with Crippen LogP contribution in [0, 0.1) is 5.92 Å². The first-order chi connectivity index (χ1) is 20.1. The molecule has 0 aliphatic rings. The average Bonchev–Trinajstić information content (AvgIpc) is 3.67. The third-order valence-electron chi connectivity index (χ3n) is 5.80. The van der Waals surface area contributed by atoms with E-state index in [0.29, 0.717) is 5.69 Å². The monoisotopic (exact) mass is 585 g/mol. The molecule has 0 unspecified atom stereocenters. The smallest absolute Gasteiger partial charge is 0.408 e. The van der Waals surface area contributed by atoms with Gasteiger partial charge in [-0.1, -0.05) is 49.0 Å². The highest BCUT2D eigenvalue weighted by Gasteiger charge is 2.32. The number of amides is 3. The van der Waals surface area contributed by atoms with Crippen molar-refractivity contribution in [3.05, 3.63) is 60.4 Å². The van der Waals surface area contributed by atoms with Crippen LogP contribution in [0.2, 0.25) is 0 Å². The number of carboxylic acid groups (broad SMARTS) is 1. The lowest BCUT2D eigenvalue weighted by Gasteiger charge is -2.26. The van der Waals surface area contributed by atoms with Gasteiger partial charge in [-0.25, -0.2) is 9.78 Å². The van der Waals surface area contributed by atoms with Crippen LogP contribution in [0.1, 0.15) is 31.5 Å². The number of ketones is 1. The van der Waals surface area contributed by atoms with E-state index in [4.69, 9.17) is 9.57 Å². The zero-order chi connectivity index (χ0) is 30.5. The summed E-state index contributed by atoms with van der Waals surface area (Å²) in [4.78, 5) is 75.8. The van der Waals surface area contributed by atoms with E-state index in [9.17, 15) is 29.1 Å². The highest BCUT2D eigenvalue weighted by molar-refractivity contribution is 5.96. The van der Waals surface area contributed by atoms with E-state index in [1.165, 1.54) is 12.5 Å². The maximum absolute atomic E-state index is 13.3. The summed E-state index contributed by atoms with van der Waals surface area (Å²) in [6.45, 7) is 2.72. The van der Waals surface area contributed by atoms with Crippen molar-refractivity contribution >= 4 is 29.7 Å². The van der Waals surface area contributed by atoms with Crippen molar-refractivity contribution in [1.82, 2.24) is 46.3 Å². The van der Waals surface area contributed by atoms with E-state index in [2.05, 4.69) is 41.4 Å². The molecule has 3 aromatic rings. The maximum atomic E-state index is 13.3. The topological polar surface area (TPSA) is 232 Å². The lowest BCUT2D eigenvalue weighted by atomic mass is 10.0. The van der Waals surface area contributed by atoms with Crippen LogP contribution in [-0.4, -0.2) is 89.8 Å². The Morgan fingerprint density at radius 1 is 1.02 bits per heavy atom. The molecule has 0 spiro atoms. The Morgan fingerprint density at radius 2 is 1.76 bits per heavy atom. The number of benzene rings is 1. The molecule has 0 bridgehead atoms. The highest BCUT2D eigenvalue weighted by atomic mass is 16.7. The van der Waals surface area contributed by atoms with E-state index in [-0.39, 0.29) is 13.0 Å². The third kappa shape index (κ3) is 10.00. The summed E-state index contributed by atoms with van der Waals surface area (Å²) in [6, 6.07) is 5.08. The Hall–Kier alpha value is -5.35. The van der Waals surface area contributed by atoms with Gasteiger partial charge in [-0.2, -0.15) is 0 Å². The summed E-state index contributed by atoms with van der Waals surface area (Å²) in [6.07, 6.45) is 2.21. The molecule has 1 aromatic carbocycles. The van der Waals surface area contributed by atoms with E-state index in [0.717, 1.165) is 16.7 Å². The lowest BCUT2D eigenvalue weighted by molar-refractivity contribution is -0.141. The normalized spacial score (nSPS) is 12.9. The van der Waals surface area contributed by atoms with Crippen LogP contribution in [-0.2, 0) is 36.9 Å². The fraction of sp³-hybridized carbons (Fsp3) is 0.400. The molecule has 0 fully saturated rings. The van der Waals surface area contributed by atoms with E-state index in [1.807, 2.05) is 6.07 Å². The standard InChI is InChI=1S/C25H31N9O8/c1-15(2)22(31-25(40)41-11-16-6-4-3-5-7-16)24(39)30-19(8-17-10-26-13-27-17)23(38)29-18(9-21(36)37)20(35)12-42-34-14-28-32-33-34/h3-7,10,13-15,18-19,22H,8-9,11-12H2,1-2H3,(H,26,27)(H,29,38)(H,30,39)(H,31,40)(H,36,37)/t18-,19-,22-/m0/s1. The summed E-state index contributed by atoms with van der Waals surface area (Å²) < 4.78 is 5.22. The number of ether oxygens (including phenoxy) is 1. The molecule has 17 nitrogen and oxygen atoms in total. The summed E-state index contributed by atoms with van der Waals surface area (Å²) in [5.41, 5.74) is 1.22. The van der Waals surface area contributed by atoms with Gasteiger partial charge in [0, 0.05) is 18.3 Å². The van der Waals surface area contributed by atoms with Crippen molar-refractivity contribution in [2.45, 2.75) is 51.4 Å². The van der Waals surface area contributed by atoms with Gasteiger partial charge in [-0.3, -0.25) is 19.2 Å². The van der Waals surface area contributed by atoms with Gasteiger partial charge in [-0.15, -0.1) is 5.10 Å². The number of alkyl carbamates (subject to hydrolysis) is 1. The number of imidazole rings is 1. The molecule has 0 saturated carbocycles. The predicted octanol–water partition coefficient (Wildman–Crippen LogP) is -0.968. The van der Waals surface area contributed by atoms with Gasteiger partial charge in [0.15, 0.2) is 18.7 Å². The molecule has 3 rings (SSSR count). The number of aromatic amines is 1. The summed E-state index contributed by atoms with van der Waals surface area (Å²) >= 11 is 0. The van der Waals surface area contributed by atoms with Crippen molar-refractivity contribution in [3.8, 4) is 0 Å². The summed E-state index contributed by atoms with van der Waals surface area (Å²) in [5, 5.41) is 26.9. The van der Waals surface area contributed by atoms with Crippen LogP contribution in [0.4, 0.5) is 4.79 Å². The van der Waals surface area contributed by atoms with E-state index in [1.54, 1.807) is 38.1 Å². The molecule has 0 aliphatic heterocycles. The van der Waals surface area contributed by atoms with Gasteiger partial charge in [0.2, 0.25) is 11.8 Å². The summed E-state index contributed by atoms with van der Waals surface area (Å²) in [5.74, 6) is -4.10. The number of rotatable bonds is 16. The summed E-state index contributed by atoms with van der Waals surface area (Å²) in [7, 11) is 0. The molecule has 3 amide bonds. The number of H-pyrrole nitrogens is 1. The Balaban J connectivity index is 1.69. The number of nitrogens with one attached hydrogen (secondary N) is 4. The largest absolute Gasteiger partial charge is 0.481 e. The van der Waals surface area contributed by atoms with Crippen LogP contribution in [0.15, 0.2) is 49.2 Å². The van der Waals surface area contributed by atoms with Crippen molar-refractivity contribution in [2.75, 3.05) is 6.61 Å². The van der Waals surface area contributed by atoms with Gasteiger partial charge in [-0.05, 0) is 21.9 Å². The quantitative estimate of drug-likeness (QED) is 0.137. The predicted molar refractivity (Wildman–Crippen MR) is 141 cm³/mol. The van der Waals surface area contributed by atoms with Crippen LogP contribution in [0.5, 0.6) is 0 Å². The second-order valence-electron chi connectivity index (χ2n) is 9.38. The number of hydrogen-bond donors (Lipinski definition) is 5. The van der Waals surface area contributed by atoms with Gasteiger partial charge in [0.05, 0.1) is 12.7 Å².